The molecule has 0 N–H and O–H groups in total. The normalized spacial score (nSPS) is 16.2. The van der Waals surface area contributed by atoms with Crippen LogP contribution in [0.25, 0.3) is 0 Å². The Morgan fingerprint density at radius 1 is 1.32 bits per heavy atom. The van der Waals surface area contributed by atoms with Crippen LogP contribution in [0.4, 0.5) is 8.78 Å². The van der Waals surface area contributed by atoms with Crippen LogP contribution in [0.3, 0.4) is 0 Å². The minimum atomic E-state index is -2.87. The summed E-state index contributed by atoms with van der Waals surface area (Å²) in [6, 6.07) is 13.9. The number of ether oxygens (including phenoxy) is 1. The van der Waals surface area contributed by atoms with E-state index in [1.165, 1.54) is 11.1 Å². The van der Waals surface area contributed by atoms with Crippen LogP contribution in [0, 0.1) is 0 Å². The Balaban J connectivity index is 1.45. The van der Waals surface area contributed by atoms with Crippen LogP contribution in [-0.4, -0.2) is 41.7 Å². The van der Waals surface area contributed by atoms with Gasteiger partial charge < -0.3 is 9.15 Å². The highest BCUT2D eigenvalue weighted by atomic mass is 32.1. The van der Waals surface area contributed by atoms with Crippen molar-refractivity contribution in [2.45, 2.75) is 25.6 Å². The minimum Gasteiger partial charge on any atom is -0.463 e. The molecule has 2 aromatic heterocycles. The van der Waals surface area contributed by atoms with Gasteiger partial charge in [-0.3, -0.25) is 9.69 Å². The minimum absolute atomic E-state index is 0.0946. The monoisotopic (exact) mass is 445 g/mol. The van der Waals surface area contributed by atoms with E-state index >= 15 is 0 Å². The number of hydrogen-bond acceptors (Lipinski definition) is 6. The molecule has 31 heavy (non-hydrogen) atoms. The molecule has 3 heterocycles. The first kappa shape index (κ1) is 21.2. The molecule has 0 fully saturated rings. The van der Waals surface area contributed by atoms with Crippen molar-refractivity contribution in [3.63, 3.8) is 0 Å². The zero-order valence-corrected chi connectivity index (χ0v) is 17.6. The lowest BCUT2D eigenvalue weighted by atomic mass is 10.1. The molecule has 1 aliphatic rings. The van der Waals surface area contributed by atoms with Crippen molar-refractivity contribution in [3.8, 4) is 5.75 Å². The van der Waals surface area contributed by atoms with Crippen LogP contribution < -0.4 is 4.74 Å². The fourth-order valence-corrected chi connectivity index (χ4v) is 4.34. The van der Waals surface area contributed by atoms with E-state index in [-0.39, 0.29) is 24.2 Å². The molecule has 1 atom stereocenters. The number of carbonyl (C=O) groups excluding carboxylic acids is 1. The van der Waals surface area contributed by atoms with Crippen LogP contribution in [0.15, 0.2) is 69.7 Å². The van der Waals surface area contributed by atoms with E-state index in [0.717, 1.165) is 16.2 Å². The molecular weight excluding hydrogens is 424 g/mol. The summed E-state index contributed by atoms with van der Waals surface area (Å²) in [5.41, 5.74) is 1.50. The van der Waals surface area contributed by atoms with Gasteiger partial charge in [0.2, 0.25) is 0 Å². The standard InChI is InChI=1S/C22H21F2N3O3S/c1-26(13-15-5-2-6-16(11-15)30-22(23)24)14-21(28)27-18(20-8-4-10-31-20)12-17(25-27)19-7-3-9-29-19/h2-11,18,22H,12-14H2,1H3. The van der Waals surface area contributed by atoms with Gasteiger partial charge in [0, 0.05) is 17.8 Å². The molecule has 9 heteroatoms. The van der Waals surface area contributed by atoms with Crippen LogP contribution in [0.5, 0.6) is 5.75 Å². The van der Waals surface area contributed by atoms with Gasteiger partial charge in [-0.15, -0.1) is 11.3 Å². The number of carbonyl (C=O) groups is 1. The highest BCUT2D eigenvalue weighted by Gasteiger charge is 2.34. The molecule has 0 bridgehead atoms. The number of halogens is 2. The molecule has 162 valence electrons. The third-order valence-electron chi connectivity index (χ3n) is 4.82. The van der Waals surface area contributed by atoms with E-state index in [1.807, 2.05) is 28.5 Å². The molecule has 1 amide bonds. The van der Waals surface area contributed by atoms with Gasteiger partial charge in [0.25, 0.3) is 5.91 Å². The number of alkyl halides is 2. The molecular formula is C22H21F2N3O3S. The van der Waals surface area contributed by atoms with Crippen LogP contribution in [-0.2, 0) is 11.3 Å². The van der Waals surface area contributed by atoms with Crippen molar-refractivity contribution in [2.24, 2.45) is 5.10 Å². The first-order valence-corrected chi connectivity index (χ1v) is 10.6. The van der Waals surface area contributed by atoms with Gasteiger partial charge in [0.1, 0.15) is 17.2 Å². The lowest BCUT2D eigenvalue weighted by Gasteiger charge is -2.24. The predicted octanol–water partition coefficient (Wildman–Crippen LogP) is 4.75. The fraction of sp³-hybridized carbons (Fsp3) is 0.273. The summed E-state index contributed by atoms with van der Waals surface area (Å²) >= 11 is 1.58. The Bertz CT molecular complexity index is 1040. The Morgan fingerprint density at radius 2 is 2.19 bits per heavy atom. The Kier molecular flexibility index (Phi) is 6.43. The summed E-state index contributed by atoms with van der Waals surface area (Å²) in [5.74, 6) is 0.598. The van der Waals surface area contributed by atoms with Crippen molar-refractivity contribution in [3.05, 3.63) is 76.4 Å². The zero-order chi connectivity index (χ0) is 21.8. The predicted molar refractivity (Wildman–Crippen MR) is 113 cm³/mol. The molecule has 4 rings (SSSR count). The highest BCUT2D eigenvalue weighted by molar-refractivity contribution is 7.10. The quantitative estimate of drug-likeness (QED) is 0.502. The maximum absolute atomic E-state index is 13.1. The van der Waals surface area contributed by atoms with Gasteiger partial charge in [-0.1, -0.05) is 18.2 Å². The lowest BCUT2D eigenvalue weighted by molar-refractivity contribution is -0.134. The van der Waals surface area contributed by atoms with Crippen molar-refractivity contribution in [2.75, 3.05) is 13.6 Å². The van der Waals surface area contributed by atoms with Crippen LogP contribution in [0.1, 0.15) is 28.7 Å². The molecule has 1 aromatic carbocycles. The second kappa shape index (κ2) is 9.40. The maximum Gasteiger partial charge on any atom is 0.387 e. The largest absolute Gasteiger partial charge is 0.463 e. The first-order valence-electron chi connectivity index (χ1n) is 9.68. The van der Waals surface area contributed by atoms with E-state index in [2.05, 4.69) is 9.84 Å². The SMILES string of the molecule is CN(CC(=O)N1N=C(c2ccco2)CC1c1cccs1)Cc1cccc(OC(F)F)c1. The van der Waals surface area contributed by atoms with E-state index in [9.17, 15) is 13.6 Å². The molecule has 0 saturated carbocycles. The number of hydrogen-bond donors (Lipinski definition) is 0. The van der Waals surface area contributed by atoms with E-state index in [1.54, 1.807) is 48.9 Å². The van der Waals surface area contributed by atoms with Crippen LogP contribution in [0.2, 0.25) is 0 Å². The molecule has 0 radical (unpaired) electrons. The molecule has 3 aromatic rings. The van der Waals surface area contributed by atoms with E-state index in [4.69, 9.17) is 4.42 Å². The van der Waals surface area contributed by atoms with Crippen molar-refractivity contribution in [1.82, 2.24) is 9.91 Å². The van der Waals surface area contributed by atoms with Gasteiger partial charge in [-0.05, 0) is 48.3 Å². The maximum atomic E-state index is 13.1. The fourth-order valence-electron chi connectivity index (χ4n) is 3.53. The Morgan fingerprint density at radius 3 is 2.90 bits per heavy atom. The number of furan rings is 1. The average molecular weight is 445 g/mol. The Labute approximate surface area is 182 Å². The second-order valence-corrected chi connectivity index (χ2v) is 8.18. The molecule has 1 aliphatic heterocycles. The summed E-state index contributed by atoms with van der Waals surface area (Å²) in [7, 11) is 1.80. The number of rotatable bonds is 8. The highest BCUT2D eigenvalue weighted by Crippen LogP contribution is 2.35. The van der Waals surface area contributed by atoms with Gasteiger partial charge >= 0.3 is 6.61 Å². The number of amides is 1. The van der Waals surface area contributed by atoms with Crippen molar-refractivity contribution in [1.29, 1.82) is 0 Å². The third kappa shape index (κ3) is 5.18. The molecule has 1 unspecified atom stereocenters. The molecule has 0 spiro atoms. The number of nitrogens with zero attached hydrogens (tertiary/aromatic N) is 3. The third-order valence-corrected chi connectivity index (χ3v) is 5.80. The second-order valence-electron chi connectivity index (χ2n) is 7.20. The van der Waals surface area contributed by atoms with E-state index in [0.29, 0.717) is 18.7 Å². The smallest absolute Gasteiger partial charge is 0.387 e. The summed E-state index contributed by atoms with van der Waals surface area (Å²) in [6.07, 6.45) is 2.17. The van der Waals surface area contributed by atoms with Crippen LogP contribution >= 0.6 is 11.3 Å². The Hall–Kier alpha value is -3.04. The summed E-state index contributed by atoms with van der Waals surface area (Å²) in [4.78, 5) is 16.0. The van der Waals surface area contributed by atoms with E-state index < -0.39 is 6.61 Å². The first-order chi connectivity index (χ1) is 15.0. The van der Waals surface area contributed by atoms with Gasteiger partial charge in [-0.2, -0.15) is 13.9 Å². The van der Waals surface area contributed by atoms with Gasteiger partial charge in [0.05, 0.1) is 18.8 Å². The number of hydrazone groups is 1. The summed E-state index contributed by atoms with van der Waals surface area (Å²) < 4.78 is 34.8. The zero-order valence-electron chi connectivity index (χ0n) is 16.8. The number of thiophene rings is 1. The molecule has 0 saturated heterocycles. The summed E-state index contributed by atoms with van der Waals surface area (Å²) in [5, 5.41) is 8.06. The van der Waals surface area contributed by atoms with Crippen molar-refractivity contribution >= 4 is 23.0 Å². The lowest BCUT2D eigenvalue weighted by Crippen LogP contribution is -2.36. The topological polar surface area (TPSA) is 58.3 Å². The number of likely N-dealkylation sites (N-methyl/N-ethyl adjacent to an activating group) is 1. The van der Waals surface area contributed by atoms with Gasteiger partial charge in [-0.25, -0.2) is 5.01 Å². The van der Waals surface area contributed by atoms with Crippen molar-refractivity contribution < 1.29 is 22.7 Å². The number of benzene rings is 1. The summed E-state index contributed by atoms with van der Waals surface area (Å²) in [6.45, 7) is -2.35. The average Bonchev–Trinajstić information content (AvgIpc) is 3.47. The molecule has 6 nitrogen and oxygen atoms in total. The van der Waals surface area contributed by atoms with Gasteiger partial charge in [0.15, 0.2) is 0 Å². The molecule has 0 aliphatic carbocycles.